The molecule has 0 aromatic carbocycles. The molecule has 2 aromatic heterocycles. The van der Waals surface area contributed by atoms with Gasteiger partial charge in [-0.05, 0) is 33.8 Å². The minimum Gasteiger partial charge on any atom is -0.434 e. The van der Waals surface area contributed by atoms with Crippen molar-refractivity contribution in [2.24, 2.45) is 10.8 Å². The minimum atomic E-state index is -0.832. The van der Waals surface area contributed by atoms with Gasteiger partial charge >= 0.3 is 6.16 Å². The molecule has 2 aliphatic heterocycles. The Kier molecular flexibility index (Phi) is 8.78. The third-order valence-electron chi connectivity index (χ3n) is 6.52. The van der Waals surface area contributed by atoms with Crippen molar-refractivity contribution in [3.63, 3.8) is 0 Å². The third-order valence-corrected chi connectivity index (χ3v) is 13.5. The number of ether oxygens (including phenoxy) is 2. The molecular weight excluding hydrogens is 597 g/mol. The fourth-order valence-electron chi connectivity index (χ4n) is 4.21. The number of hydrogen-bond acceptors (Lipinski definition) is 13. The van der Waals surface area contributed by atoms with E-state index in [1.165, 1.54) is 71.6 Å². The molecule has 0 bridgehead atoms. The van der Waals surface area contributed by atoms with Crippen LogP contribution in [0, 0.1) is 31.1 Å². The van der Waals surface area contributed by atoms with Crippen molar-refractivity contribution >= 4 is 64.6 Å². The smallest absolute Gasteiger partial charge is 0.434 e. The zero-order valence-electron chi connectivity index (χ0n) is 22.0. The van der Waals surface area contributed by atoms with Crippen molar-refractivity contribution in [3.8, 4) is 0 Å². The van der Waals surface area contributed by atoms with Gasteiger partial charge in [-0.3, -0.25) is 30.2 Å². The number of pyridine rings is 2. The molecule has 0 saturated carbocycles. The zero-order valence-corrected chi connectivity index (χ0v) is 25.2. The van der Waals surface area contributed by atoms with Crippen molar-refractivity contribution in [1.82, 2.24) is 9.97 Å². The largest absolute Gasteiger partial charge is 0.508 e. The summed E-state index contributed by atoms with van der Waals surface area (Å²) in [5.41, 5.74) is -0.239. The van der Waals surface area contributed by atoms with Crippen LogP contribution in [0.3, 0.4) is 0 Å². The summed E-state index contributed by atoms with van der Waals surface area (Å²) in [4.78, 5) is 42.7. The zero-order chi connectivity index (χ0) is 29.2. The number of nitrogens with zero attached hydrogens (tertiary/aromatic N) is 4. The van der Waals surface area contributed by atoms with Crippen LogP contribution in [0.4, 0.5) is 16.2 Å². The predicted molar refractivity (Wildman–Crippen MR) is 159 cm³/mol. The van der Waals surface area contributed by atoms with Crippen LogP contribution in [0.25, 0.3) is 0 Å². The van der Waals surface area contributed by atoms with E-state index in [4.69, 9.17) is 9.47 Å². The lowest BCUT2D eigenvalue weighted by Gasteiger charge is -2.42. The molecule has 0 saturated heterocycles. The Morgan fingerprint density at radius 2 is 1.10 bits per heavy atom. The van der Waals surface area contributed by atoms with Crippen molar-refractivity contribution in [3.05, 3.63) is 89.9 Å². The van der Waals surface area contributed by atoms with E-state index in [0.717, 1.165) is 0 Å². The normalized spacial score (nSPS) is 17.5. The number of carbonyl (C=O) groups excluding carboxylic acids is 1. The molecule has 4 heterocycles. The summed E-state index contributed by atoms with van der Waals surface area (Å²) in [5, 5.41) is 29.9. The Labute approximate surface area is 247 Å². The van der Waals surface area contributed by atoms with E-state index in [1.807, 2.05) is 49.3 Å². The topological polar surface area (TPSA) is 148 Å². The molecule has 2 aromatic rings. The quantitative estimate of drug-likeness (QED) is 0.147. The second-order valence-corrected chi connectivity index (χ2v) is 15.2. The van der Waals surface area contributed by atoms with Crippen molar-refractivity contribution in [1.29, 1.82) is 0 Å². The summed E-state index contributed by atoms with van der Waals surface area (Å²) < 4.78 is 9.85. The molecule has 0 spiro atoms. The second kappa shape index (κ2) is 11.6. The number of thioether (sulfide) groups is 4. The van der Waals surface area contributed by atoms with Gasteiger partial charge in [-0.1, -0.05) is 27.7 Å². The number of aromatic nitrogens is 2. The lowest BCUT2D eigenvalue weighted by Crippen LogP contribution is -2.41. The molecular formula is C25H26N4O7S4. The molecule has 0 unspecified atom stereocenters. The van der Waals surface area contributed by atoms with Crippen molar-refractivity contribution < 1.29 is 24.1 Å². The number of rotatable bonds is 10. The van der Waals surface area contributed by atoms with Gasteiger partial charge in [0.25, 0.3) is 11.4 Å². The lowest BCUT2D eigenvalue weighted by atomic mass is 9.87. The monoisotopic (exact) mass is 622 g/mol. The average Bonchev–Trinajstić information content (AvgIpc) is 3.63. The highest BCUT2D eigenvalue weighted by Gasteiger charge is 2.52. The highest BCUT2D eigenvalue weighted by molar-refractivity contribution is 8.23. The van der Waals surface area contributed by atoms with E-state index in [-0.39, 0.29) is 24.6 Å². The van der Waals surface area contributed by atoms with Crippen LogP contribution in [0.1, 0.15) is 39.1 Å². The highest BCUT2D eigenvalue weighted by atomic mass is 32.2. The van der Waals surface area contributed by atoms with Crippen LogP contribution < -0.4 is 0 Å². The van der Waals surface area contributed by atoms with Crippen molar-refractivity contribution in [2.75, 3.05) is 13.2 Å². The molecule has 11 nitrogen and oxygen atoms in total. The van der Waals surface area contributed by atoms with E-state index in [9.17, 15) is 25.0 Å². The van der Waals surface area contributed by atoms with Gasteiger partial charge in [0.2, 0.25) is 0 Å². The molecule has 15 heteroatoms. The van der Waals surface area contributed by atoms with Crippen LogP contribution in [0.5, 0.6) is 0 Å². The Bertz CT molecular complexity index is 1230. The van der Waals surface area contributed by atoms with Crippen LogP contribution in [0.2, 0.25) is 0 Å². The molecule has 0 atom stereocenters. The minimum absolute atomic E-state index is 0.00666. The standard InChI is InChI=1S/C25H26N4O7S4/c1-22(2,24(37-9-10-38-24)19-7-5-17(13-26-19)28(31)32)15-35-21(30)36-16-23(3,4)25(39-11-12-40-25)20-8-6-18(14-27-20)29(33)34/h5-14H,15-16H2,1-4H3. The van der Waals surface area contributed by atoms with E-state index in [2.05, 4.69) is 9.97 Å². The molecule has 0 amide bonds. The molecule has 212 valence electrons. The summed E-state index contributed by atoms with van der Waals surface area (Å²) in [6.07, 6.45) is 1.63. The first-order valence-corrected chi connectivity index (χ1v) is 15.4. The van der Waals surface area contributed by atoms with Crippen molar-refractivity contribution in [2.45, 2.75) is 35.9 Å². The first-order chi connectivity index (χ1) is 18.8. The van der Waals surface area contributed by atoms with Gasteiger partial charge in [0.1, 0.15) is 33.8 Å². The summed E-state index contributed by atoms with van der Waals surface area (Å²) in [5.74, 6) is 0. The van der Waals surface area contributed by atoms with Gasteiger partial charge in [0.05, 0.1) is 21.2 Å². The SMILES string of the molecule is CC(C)(COC(=O)OCC(C)(C)C1(c2ccc([N+](=O)[O-])cn2)SC=CS1)C1(c2ccc([N+](=O)[O-])cn2)SC=CS1. The molecule has 0 radical (unpaired) electrons. The fraction of sp³-hybridized carbons (Fsp3) is 0.400. The van der Waals surface area contributed by atoms with E-state index in [0.29, 0.717) is 11.4 Å². The van der Waals surface area contributed by atoms with E-state index in [1.54, 1.807) is 12.1 Å². The summed E-state index contributed by atoms with van der Waals surface area (Å²) >= 11 is 6.03. The fourth-order valence-corrected chi connectivity index (χ4v) is 9.46. The van der Waals surface area contributed by atoms with E-state index < -0.39 is 35.0 Å². The summed E-state index contributed by atoms with van der Waals surface area (Å²) in [6.45, 7) is 7.76. The third kappa shape index (κ3) is 5.69. The molecule has 0 fully saturated rings. The van der Waals surface area contributed by atoms with Crippen LogP contribution in [-0.2, 0) is 17.6 Å². The van der Waals surface area contributed by atoms with Gasteiger partial charge in [-0.25, -0.2) is 4.79 Å². The first kappa shape index (κ1) is 30.2. The van der Waals surface area contributed by atoms with E-state index >= 15 is 0 Å². The van der Waals surface area contributed by atoms with Gasteiger partial charge < -0.3 is 9.47 Å². The molecule has 0 aliphatic carbocycles. The number of carbonyl (C=O) groups is 1. The van der Waals surface area contributed by atoms with Gasteiger partial charge in [-0.2, -0.15) is 0 Å². The van der Waals surface area contributed by atoms with Crippen LogP contribution >= 0.6 is 47.0 Å². The number of hydrogen-bond donors (Lipinski definition) is 0. The Hall–Kier alpha value is -2.75. The average molecular weight is 623 g/mol. The van der Waals surface area contributed by atoms with Crippen LogP contribution in [0.15, 0.2) is 58.3 Å². The summed E-state index contributed by atoms with van der Waals surface area (Å²) in [6, 6.07) is 6.09. The number of nitro groups is 2. The Balaban J connectivity index is 1.43. The lowest BCUT2D eigenvalue weighted by molar-refractivity contribution is -0.385. The maximum absolute atomic E-state index is 12.8. The predicted octanol–water partition coefficient (Wildman–Crippen LogP) is 7.41. The molecule has 40 heavy (non-hydrogen) atoms. The molecule has 2 aliphatic rings. The maximum Gasteiger partial charge on any atom is 0.508 e. The molecule has 4 rings (SSSR count). The Morgan fingerprint density at radius 3 is 1.38 bits per heavy atom. The highest BCUT2D eigenvalue weighted by Crippen LogP contribution is 2.63. The van der Waals surface area contributed by atoms with Gasteiger partial charge in [0, 0.05) is 23.0 Å². The van der Waals surface area contributed by atoms with Crippen LogP contribution in [-0.4, -0.2) is 39.2 Å². The van der Waals surface area contributed by atoms with Gasteiger partial charge in [-0.15, -0.1) is 47.0 Å². The summed E-state index contributed by atoms with van der Waals surface area (Å²) in [7, 11) is 0. The first-order valence-electron chi connectivity index (χ1n) is 11.9. The Morgan fingerprint density at radius 1 is 0.750 bits per heavy atom. The second-order valence-electron chi connectivity index (χ2n) is 10.2. The molecule has 0 N–H and O–H groups in total. The maximum atomic E-state index is 12.8. The van der Waals surface area contributed by atoms with Gasteiger partial charge in [0.15, 0.2) is 0 Å².